The zero-order valence-electron chi connectivity index (χ0n) is 10.9. The average molecular weight is 373 g/mol. The monoisotopic (exact) mass is 373 g/mol. The van der Waals surface area contributed by atoms with E-state index in [1.54, 1.807) is 4.68 Å². The summed E-state index contributed by atoms with van der Waals surface area (Å²) in [4.78, 5) is 0. The van der Waals surface area contributed by atoms with Crippen molar-refractivity contribution in [1.29, 1.82) is 0 Å². The summed E-state index contributed by atoms with van der Waals surface area (Å²) in [7, 11) is 0. The second-order valence-corrected chi connectivity index (χ2v) is 5.05. The first-order valence-electron chi connectivity index (χ1n) is 6.16. The van der Waals surface area contributed by atoms with Crippen LogP contribution in [0.2, 0.25) is 0 Å². The van der Waals surface area contributed by atoms with Gasteiger partial charge in [0.2, 0.25) is 6.29 Å². The molecular formula is C13H16IN3O2. The van der Waals surface area contributed by atoms with E-state index in [-0.39, 0.29) is 0 Å². The van der Waals surface area contributed by atoms with Crippen LogP contribution in [0.1, 0.15) is 25.8 Å². The molecule has 0 bridgehead atoms. The summed E-state index contributed by atoms with van der Waals surface area (Å²) in [6.07, 6.45) is 1.38. The molecule has 0 radical (unpaired) electrons. The van der Waals surface area contributed by atoms with Crippen molar-refractivity contribution < 1.29 is 9.47 Å². The van der Waals surface area contributed by atoms with E-state index in [9.17, 15) is 0 Å². The fraction of sp³-hybridized carbons (Fsp3) is 0.385. The van der Waals surface area contributed by atoms with Gasteiger partial charge in [-0.15, -0.1) is 5.10 Å². The molecular weight excluding hydrogens is 357 g/mol. The van der Waals surface area contributed by atoms with Gasteiger partial charge >= 0.3 is 0 Å². The van der Waals surface area contributed by atoms with Gasteiger partial charge in [0.1, 0.15) is 5.69 Å². The van der Waals surface area contributed by atoms with Crippen molar-refractivity contribution in [2.45, 2.75) is 20.1 Å². The third-order valence-electron chi connectivity index (χ3n) is 2.48. The van der Waals surface area contributed by atoms with Crippen LogP contribution in [0.4, 0.5) is 0 Å². The number of halogens is 1. The number of hydrogen-bond donors (Lipinski definition) is 0. The summed E-state index contributed by atoms with van der Waals surface area (Å²) in [6.45, 7) is 4.99. The van der Waals surface area contributed by atoms with Gasteiger partial charge in [-0.25, -0.2) is 4.68 Å². The maximum atomic E-state index is 5.50. The molecule has 1 aromatic carbocycles. The van der Waals surface area contributed by atoms with Crippen molar-refractivity contribution in [3.8, 4) is 5.69 Å². The van der Waals surface area contributed by atoms with E-state index >= 15 is 0 Å². The summed E-state index contributed by atoms with van der Waals surface area (Å²) in [5.41, 5.74) is 1.65. The van der Waals surface area contributed by atoms with Crippen LogP contribution in [0.3, 0.4) is 0 Å². The Morgan fingerprint density at radius 1 is 1.16 bits per heavy atom. The lowest BCUT2D eigenvalue weighted by Gasteiger charge is -2.13. The van der Waals surface area contributed by atoms with Gasteiger partial charge in [0, 0.05) is 16.8 Å². The zero-order chi connectivity index (χ0) is 13.7. The third kappa shape index (κ3) is 3.74. The van der Waals surface area contributed by atoms with Gasteiger partial charge in [0.15, 0.2) is 0 Å². The first kappa shape index (κ1) is 14.4. The number of benzene rings is 1. The molecule has 0 atom stereocenters. The normalized spacial score (nSPS) is 11.2. The first-order valence-corrected chi connectivity index (χ1v) is 7.23. The fourth-order valence-corrected chi connectivity index (χ4v) is 1.99. The van der Waals surface area contributed by atoms with Crippen molar-refractivity contribution in [1.82, 2.24) is 15.0 Å². The minimum Gasteiger partial charge on any atom is -0.347 e. The average Bonchev–Trinajstić information content (AvgIpc) is 2.89. The van der Waals surface area contributed by atoms with E-state index in [0.717, 1.165) is 5.69 Å². The van der Waals surface area contributed by atoms with Crippen LogP contribution in [0.25, 0.3) is 5.69 Å². The maximum Gasteiger partial charge on any atom is 0.204 e. The van der Waals surface area contributed by atoms with Gasteiger partial charge < -0.3 is 9.47 Å². The molecule has 0 amide bonds. The van der Waals surface area contributed by atoms with Gasteiger partial charge in [0.25, 0.3) is 0 Å². The summed E-state index contributed by atoms with van der Waals surface area (Å²) in [5.74, 6) is 0. The molecule has 102 valence electrons. The van der Waals surface area contributed by atoms with Crippen molar-refractivity contribution in [3.63, 3.8) is 0 Å². The Bertz CT molecular complexity index is 507. The second kappa shape index (κ2) is 6.97. The summed E-state index contributed by atoms with van der Waals surface area (Å²) in [5, 5.41) is 8.22. The third-order valence-corrected chi connectivity index (χ3v) is 3.20. The van der Waals surface area contributed by atoms with Crippen LogP contribution < -0.4 is 0 Å². The van der Waals surface area contributed by atoms with E-state index in [4.69, 9.17) is 9.47 Å². The predicted octanol–water partition coefficient (Wildman–Crippen LogP) is 2.94. The Kier molecular flexibility index (Phi) is 5.29. The Morgan fingerprint density at radius 3 is 2.37 bits per heavy atom. The second-order valence-electron chi connectivity index (χ2n) is 3.81. The van der Waals surface area contributed by atoms with E-state index in [1.807, 2.05) is 44.3 Å². The number of hydrogen-bond acceptors (Lipinski definition) is 4. The lowest BCUT2D eigenvalue weighted by molar-refractivity contribution is -0.142. The molecule has 0 N–H and O–H groups in total. The van der Waals surface area contributed by atoms with Gasteiger partial charge in [-0.1, -0.05) is 5.21 Å². The Morgan fingerprint density at radius 2 is 1.79 bits per heavy atom. The molecule has 2 aromatic rings. The van der Waals surface area contributed by atoms with E-state index in [1.165, 1.54) is 3.57 Å². The van der Waals surface area contributed by atoms with Crippen molar-refractivity contribution >= 4 is 22.6 Å². The van der Waals surface area contributed by atoms with Crippen molar-refractivity contribution in [2.75, 3.05) is 13.2 Å². The minimum atomic E-state index is -0.451. The molecule has 0 spiro atoms. The molecule has 0 aliphatic carbocycles. The first-order chi connectivity index (χ1) is 9.24. The molecule has 2 rings (SSSR count). The minimum absolute atomic E-state index is 0.451. The molecule has 1 heterocycles. The molecule has 0 fully saturated rings. The highest BCUT2D eigenvalue weighted by atomic mass is 127. The zero-order valence-corrected chi connectivity index (χ0v) is 13.1. The molecule has 1 aromatic heterocycles. The van der Waals surface area contributed by atoms with Crippen LogP contribution in [-0.4, -0.2) is 28.2 Å². The van der Waals surface area contributed by atoms with E-state index in [2.05, 4.69) is 32.9 Å². The van der Waals surface area contributed by atoms with Gasteiger partial charge in [-0.05, 0) is 60.7 Å². The van der Waals surface area contributed by atoms with Crippen LogP contribution in [0, 0.1) is 3.57 Å². The number of rotatable bonds is 6. The number of nitrogens with zero attached hydrogens (tertiary/aromatic N) is 3. The van der Waals surface area contributed by atoms with E-state index in [0.29, 0.717) is 18.9 Å². The Labute approximate surface area is 126 Å². The highest BCUT2D eigenvalue weighted by Gasteiger charge is 2.15. The molecule has 0 saturated heterocycles. The number of aromatic nitrogens is 3. The smallest absolute Gasteiger partial charge is 0.204 e. The highest BCUT2D eigenvalue weighted by molar-refractivity contribution is 14.1. The molecule has 0 saturated carbocycles. The van der Waals surface area contributed by atoms with Gasteiger partial charge in [-0.2, -0.15) is 0 Å². The molecule has 0 aliphatic rings. The molecule has 0 unspecified atom stereocenters. The SMILES string of the molecule is CCOC(OCC)c1cn(-c2ccc(I)cc2)nn1. The molecule has 0 aliphatic heterocycles. The lowest BCUT2D eigenvalue weighted by Crippen LogP contribution is -2.09. The van der Waals surface area contributed by atoms with Crippen molar-refractivity contribution in [3.05, 3.63) is 39.7 Å². The van der Waals surface area contributed by atoms with Crippen LogP contribution in [-0.2, 0) is 9.47 Å². The van der Waals surface area contributed by atoms with Crippen molar-refractivity contribution in [2.24, 2.45) is 0 Å². The fourth-order valence-electron chi connectivity index (χ4n) is 1.63. The lowest BCUT2D eigenvalue weighted by atomic mass is 10.3. The summed E-state index contributed by atoms with van der Waals surface area (Å²) in [6, 6.07) is 8.05. The quantitative estimate of drug-likeness (QED) is 0.577. The topological polar surface area (TPSA) is 49.2 Å². The van der Waals surface area contributed by atoms with Crippen LogP contribution >= 0.6 is 22.6 Å². The Hall–Kier alpha value is -0.990. The Balaban J connectivity index is 2.19. The number of ether oxygens (including phenoxy) is 2. The van der Waals surface area contributed by atoms with Gasteiger partial charge in [-0.3, -0.25) is 0 Å². The predicted molar refractivity (Wildman–Crippen MR) is 80.1 cm³/mol. The van der Waals surface area contributed by atoms with Gasteiger partial charge in [0.05, 0.1) is 11.9 Å². The molecule has 19 heavy (non-hydrogen) atoms. The largest absolute Gasteiger partial charge is 0.347 e. The van der Waals surface area contributed by atoms with E-state index < -0.39 is 6.29 Å². The standard InChI is InChI=1S/C13H16IN3O2/c1-3-18-13(19-4-2)12-9-17(16-15-12)11-7-5-10(14)6-8-11/h5-9,13H,3-4H2,1-2H3. The molecule has 5 nitrogen and oxygen atoms in total. The maximum absolute atomic E-state index is 5.50. The van der Waals surface area contributed by atoms with Crippen LogP contribution in [0.15, 0.2) is 30.5 Å². The van der Waals surface area contributed by atoms with Crippen LogP contribution in [0.5, 0.6) is 0 Å². The molecule has 6 heteroatoms. The highest BCUT2D eigenvalue weighted by Crippen LogP contribution is 2.18. The summed E-state index contributed by atoms with van der Waals surface area (Å²) >= 11 is 2.27. The summed E-state index contributed by atoms with van der Waals surface area (Å²) < 4.78 is 13.9.